The van der Waals surface area contributed by atoms with E-state index in [-0.39, 0.29) is 5.97 Å². The Morgan fingerprint density at radius 3 is 2.88 bits per heavy atom. The first-order chi connectivity index (χ1) is 8.27. The van der Waals surface area contributed by atoms with Gasteiger partial charge in [-0.25, -0.2) is 4.79 Å². The van der Waals surface area contributed by atoms with Gasteiger partial charge >= 0.3 is 5.97 Å². The Kier molecular flexibility index (Phi) is 4.25. The molecule has 2 nitrogen and oxygen atoms in total. The average molecular weight is 236 g/mol. The first-order valence-electron chi connectivity index (χ1n) is 7.16. The Balaban J connectivity index is 1.95. The normalized spacial score (nSPS) is 27.4. The van der Waals surface area contributed by atoms with Gasteiger partial charge in [-0.3, -0.25) is 0 Å². The number of carbonyl (C=O) groups is 1. The summed E-state index contributed by atoms with van der Waals surface area (Å²) in [7, 11) is 0. The Morgan fingerprint density at radius 2 is 2.18 bits per heavy atom. The van der Waals surface area contributed by atoms with Gasteiger partial charge in [0, 0.05) is 5.57 Å². The van der Waals surface area contributed by atoms with Gasteiger partial charge in [0.2, 0.25) is 0 Å². The molecule has 2 aliphatic rings. The smallest absolute Gasteiger partial charge is 0.333 e. The molecule has 0 aliphatic heterocycles. The van der Waals surface area contributed by atoms with E-state index in [2.05, 4.69) is 6.92 Å². The minimum atomic E-state index is -0.0406. The fourth-order valence-corrected chi connectivity index (χ4v) is 3.09. The highest BCUT2D eigenvalue weighted by Crippen LogP contribution is 2.51. The molecule has 2 aliphatic carbocycles. The van der Waals surface area contributed by atoms with Gasteiger partial charge in [-0.1, -0.05) is 25.3 Å². The van der Waals surface area contributed by atoms with Crippen molar-refractivity contribution in [2.45, 2.75) is 58.8 Å². The molecule has 0 bridgehead atoms. The van der Waals surface area contributed by atoms with Crippen LogP contribution < -0.4 is 0 Å². The molecule has 0 aromatic heterocycles. The SMILES string of the molecule is CCCC[C@H]1C[C@@H]1C1=C(C(=O)OCC)CCC1. The zero-order valence-corrected chi connectivity index (χ0v) is 11.1. The third-order valence-corrected chi connectivity index (χ3v) is 4.08. The van der Waals surface area contributed by atoms with Crippen LogP contribution in [-0.4, -0.2) is 12.6 Å². The summed E-state index contributed by atoms with van der Waals surface area (Å²) >= 11 is 0. The maximum Gasteiger partial charge on any atom is 0.333 e. The monoisotopic (exact) mass is 236 g/mol. The summed E-state index contributed by atoms with van der Waals surface area (Å²) in [5, 5.41) is 0. The van der Waals surface area contributed by atoms with Crippen molar-refractivity contribution in [3.8, 4) is 0 Å². The van der Waals surface area contributed by atoms with Gasteiger partial charge in [-0.2, -0.15) is 0 Å². The fourth-order valence-electron chi connectivity index (χ4n) is 3.09. The topological polar surface area (TPSA) is 26.3 Å². The Morgan fingerprint density at radius 1 is 1.35 bits per heavy atom. The molecular formula is C15H24O2. The molecule has 0 N–H and O–H groups in total. The van der Waals surface area contributed by atoms with Crippen LogP contribution in [0.2, 0.25) is 0 Å². The summed E-state index contributed by atoms with van der Waals surface area (Å²) in [6, 6.07) is 0. The van der Waals surface area contributed by atoms with Gasteiger partial charge in [0.25, 0.3) is 0 Å². The van der Waals surface area contributed by atoms with E-state index < -0.39 is 0 Å². The van der Waals surface area contributed by atoms with Crippen molar-refractivity contribution in [2.24, 2.45) is 11.8 Å². The van der Waals surface area contributed by atoms with Crippen molar-refractivity contribution in [3.63, 3.8) is 0 Å². The molecule has 2 atom stereocenters. The number of hydrogen-bond acceptors (Lipinski definition) is 2. The van der Waals surface area contributed by atoms with Crippen molar-refractivity contribution in [1.29, 1.82) is 0 Å². The minimum Gasteiger partial charge on any atom is -0.463 e. The summed E-state index contributed by atoms with van der Waals surface area (Å²) in [6.07, 6.45) is 8.53. The molecule has 0 aromatic rings. The maximum atomic E-state index is 11.8. The van der Waals surface area contributed by atoms with E-state index in [1.165, 1.54) is 31.3 Å². The van der Waals surface area contributed by atoms with Crippen molar-refractivity contribution in [2.75, 3.05) is 6.61 Å². The highest BCUT2D eigenvalue weighted by Gasteiger charge is 2.42. The Bertz CT molecular complexity index is 317. The standard InChI is InChI=1S/C15H24O2/c1-3-5-7-11-10-14(11)12-8-6-9-13(12)15(16)17-4-2/h11,14H,3-10H2,1-2H3/t11-,14-/m0/s1. The van der Waals surface area contributed by atoms with Gasteiger partial charge in [0.05, 0.1) is 6.61 Å². The molecule has 0 radical (unpaired) electrons. The molecule has 0 heterocycles. The molecule has 0 spiro atoms. The van der Waals surface area contributed by atoms with Gasteiger partial charge in [0.15, 0.2) is 0 Å². The highest BCUT2D eigenvalue weighted by atomic mass is 16.5. The zero-order chi connectivity index (χ0) is 12.3. The Labute approximate surface area is 104 Å². The molecular weight excluding hydrogens is 212 g/mol. The molecule has 0 unspecified atom stereocenters. The van der Waals surface area contributed by atoms with Crippen LogP contribution in [0, 0.1) is 11.8 Å². The number of unbranched alkanes of at least 4 members (excludes halogenated alkanes) is 1. The maximum absolute atomic E-state index is 11.8. The van der Waals surface area contributed by atoms with Gasteiger partial charge in [0.1, 0.15) is 0 Å². The van der Waals surface area contributed by atoms with Crippen LogP contribution >= 0.6 is 0 Å². The average Bonchev–Trinajstić information content (AvgIpc) is 2.92. The van der Waals surface area contributed by atoms with E-state index in [9.17, 15) is 4.79 Å². The van der Waals surface area contributed by atoms with Crippen LogP contribution in [0.3, 0.4) is 0 Å². The first-order valence-corrected chi connectivity index (χ1v) is 7.16. The number of carbonyl (C=O) groups excluding carboxylic acids is 1. The lowest BCUT2D eigenvalue weighted by Gasteiger charge is -2.06. The second kappa shape index (κ2) is 5.70. The number of allylic oxidation sites excluding steroid dienone is 1. The molecule has 1 saturated carbocycles. The predicted octanol–water partition coefficient (Wildman–Crippen LogP) is 3.86. The molecule has 0 aromatic carbocycles. The summed E-state index contributed by atoms with van der Waals surface area (Å²) in [6.45, 7) is 4.63. The van der Waals surface area contributed by atoms with Crippen LogP contribution in [0.4, 0.5) is 0 Å². The van der Waals surface area contributed by atoms with E-state index in [1.807, 2.05) is 6.92 Å². The summed E-state index contributed by atoms with van der Waals surface area (Å²) in [5.41, 5.74) is 2.47. The van der Waals surface area contributed by atoms with Crippen LogP contribution in [0.5, 0.6) is 0 Å². The largest absolute Gasteiger partial charge is 0.463 e. The molecule has 2 heteroatoms. The van der Waals surface area contributed by atoms with E-state index in [0.717, 1.165) is 36.7 Å². The second-order valence-electron chi connectivity index (χ2n) is 5.32. The third kappa shape index (κ3) is 2.91. The lowest BCUT2D eigenvalue weighted by Crippen LogP contribution is -2.08. The molecule has 0 saturated heterocycles. The van der Waals surface area contributed by atoms with Crippen molar-refractivity contribution in [1.82, 2.24) is 0 Å². The first kappa shape index (κ1) is 12.7. The van der Waals surface area contributed by atoms with E-state index in [0.29, 0.717) is 6.61 Å². The Hall–Kier alpha value is -0.790. The van der Waals surface area contributed by atoms with Crippen LogP contribution in [0.1, 0.15) is 58.8 Å². The molecule has 2 rings (SSSR count). The molecule has 1 fully saturated rings. The number of hydrogen-bond donors (Lipinski definition) is 0. The third-order valence-electron chi connectivity index (χ3n) is 4.08. The minimum absolute atomic E-state index is 0.0406. The van der Waals surface area contributed by atoms with Crippen LogP contribution in [-0.2, 0) is 9.53 Å². The molecule has 0 amide bonds. The molecule has 96 valence electrons. The second-order valence-corrected chi connectivity index (χ2v) is 5.32. The van der Waals surface area contributed by atoms with Crippen LogP contribution in [0.15, 0.2) is 11.1 Å². The number of esters is 1. The summed E-state index contributed by atoms with van der Waals surface area (Å²) < 4.78 is 5.15. The van der Waals surface area contributed by atoms with Crippen molar-refractivity contribution >= 4 is 5.97 Å². The van der Waals surface area contributed by atoms with Gasteiger partial charge in [-0.05, 0) is 50.9 Å². The van der Waals surface area contributed by atoms with Gasteiger partial charge < -0.3 is 4.74 Å². The predicted molar refractivity (Wildman–Crippen MR) is 68.6 cm³/mol. The highest BCUT2D eigenvalue weighted by molar-refractivity contribution is 5.90. The number of ether oxygens (including phenoxy) is 1. The van der Waals surface area contributed by atoms with Gasteiger partial charge in [-0.15, -0.1) is 0 Å². The zero-order valence-electron chi connectivity index (χ0n) is 11.1. The van der Waals surface area contributed by atoms with E-state index >= 15 is 0 Å². The van der Waals surface area contributed by atoms with Crippen molar-refractivity contribution < 1.29 is 9.53 Å². The van der Waals surface area contributed by atoms with E-state index in [1.54, 1.807) is 0 Å². The van der Waals surface area contributed by atoms with E-state index in [4.69, 9.17) is 4.74 Å². The molecule has 17 heavy (non-hydrogen) atoms. The quantitative estimate of drug-likeness (QED) is 0.655. The summed E-state index contributed by atoms with van der Waals surface area (Å²) in [5.74, 6) is 1.55. The lowest BCUT2D eigenvalue weighted by atomic mass is 10.0. The van der Waals surface area contributed by atoms with Crippen LogP contribution in [0.25, 0.3) is 0 Å². The van der Waals surface area contributed by atoms with Crippen molar-refractivity contribution in [3.05, 3.63) is 11.1 Å². The number of rotatable bonds is 6. The lowest BCUT2D eigenvalue weighted by molar-refractivity contribution is -0.138. The summed E-state index contributed by atoms with van der Waals surface area (Å²) in [4.78, 5) is 11.8. The fraction of sp³-hybridized carbons (Fsp3) is 0.800.